The molecule has 0 unspecified atom stereocenters. The maximum Gasteiger partial charge on any atom is 0.253 e. The lowest BCUT2D eigenvalue weighted by Gasteiger charge is -2.15. The van der Waals surface area contributed by atoms with E-state index in [1.807, 2.05) is 20.8 Å². The fraction of sp³-hybridized carbons (Fsp3) is 0.222. The largest absolute Gasteiger partial charge is 0.508 e. The molecular weight excluding hydrogens is 304 g/mol. The molecule has 3 rings (SSSR count). The number of primary amides is 1. The number of benzene rings is 1. The highest BCUT2D eigenvalue weighted by atomic mass is 16.3. The van der Waals surface area contributed by atoms with Gasteiger partial charge >= 0.3 is 0 Å². The van der Waals surface area contributed by atoms with E-state index in [0.29, 0.717) is 22.3 Å². The molecule has 0 saturated carbocycles. The van der Waals surface area contributed by atoms with E-state index in [4.69, 9.17) is 11.5 Å². The number of nitrogens with zero attached hydrogens (tertiary/aromatic N) is 2. The van der Waals surface area contributed by atoms with Crippen LogP contribution in [0.5, 0.6) is 5.75 Å². The van der Waals surface area contributed by atoms with E-state index < -0.39 is 5.91 Å². The van der Waals surface area contributed by atoms with Crippen LogP contribution in [-0.4, -0.2) is 20.6 Å². The van der Waals surface area contributed by atoms with Crippen LogP contribution in [0.3, 0.4) is 0 Å². The molecule has 5 N–H and O–H groups in total. The van der Waals surface area contributed by atoms with E-state index >= 15 is 0 Å². The second-order valence-corrected chi connectivity index (χ2v) is 6.10. The molecule has 6 heteroatoms. The van der Waals surface area contributed by atoms with Crippen LogP contribution in [0.15, 0.2) is 18.3 Å². The van der Waals surface area contributed by atoms with Crippen LogP contribution in [0.2, 0.25) is 0 Å². The van der Waals surface area contributed by atoms with Crippen molar-refractivity contribution in [2.45, 2.75) is 27.7 Å². The van der Waals surface area contributed by atoms with Crippen molar-refractivity contribution in [2.24, 2.45) is 5.73 Å². The molecule has 0 aliphatic heterocycles. The number of phenols is 1. The van der Waals surface area contributed by atoms with Gasteiger partial charge in [0.1, 0.15) is 17.2 Å². The van der Waals surface area contributed by atoms with E-state index in [-0.39, 0.29) is 17.1 Å². The van der Waals surface area contributed by atoms with Gasteiger partial charge in [0, 0.05) is 17.1 Å². The van der Waals surface area contributed by atoms with Crippen LogP contribution in [0, 0.1) is 27.7 Å². The van der Waals surface area contributed by atoms with Gasteiger partial charge in [-0.05, 0) is 50.5 Å². The van der Waals surface area contributed by atoms with Crippen molar-refractivity contribution in [3.8, 4) is 11.4 Å². The SMILES string of the molecule is Cc1ccc(O)c(C)c1-n1c(N)c(C(N)=O)c2c(C)c(C)cnc21. The summed E-state index contributed by atoms with van der Waals surface area (Å²) >= 11 is 0. The summed E-state index contributed by atoms with van der Waals surface area (Å²) in [4.78, 5) is 16.5. The molecule has 0 aliphatic rings. The van der Waals surface area contributed by atoms with Crippen LogP contribution in [0.25, 0.3) is 16.7 Å². The molecular formula is C18H20N4O2. The zero-order chi connectivity index (χ0) is 17.8. The van der Waals surface area contributed by atoms with Gasteiger partial charge in [-0.2, -0.15) is 0 Å². The molecule has 24 heavy (non-hydrogen) atoms. The molecule has 3 aromatic rings. The quantitative estimate of drug-likeness (QED) is 0.673. The predicted octanol–water partition coefficient (Wildman–Crippen LogP) is 2.65. The second kappa shape index (κ2) is 5.26. The van der Waals surface area contributed by atoms with Crippen LogP contribution in [0.1, 0.15) is 32.6 Å². The maximum absolute atomic E-state index is 12.0. The fourth-order valence-electron chi connectivity index (χ4n) is 3.15. The number of anilines is 1. The van der Waals surface area contributed by atoms with Crippen LogP contribution in [0.4, 0.5) is 5.82 Å². The standard InChI is InChI=1S/C18H20N4O2/c1-8-5-6-12(23)11(4)15(8)22-16(19)14(17(20)24)13-10(3)9(2)7-21-18(13)22/h5-7,23H,19H2,1-4H3,(H2,20,24). The number of amides is 1. The highest BCUT2D eigenvalue weighted by molar-refractivity contribution is 6.12. The first-order chi connectivity index (χ1) is 11.3. The van der Waals surface area contributed by atoms with E-state index in [2.05, 4.69) is 4.98 Å². The molecule has 124 valence electrons. The highest BCUT2D eigenvalue weighted by Gasteiger charge is 2.25. The number of phenolic OH excluding ortho intramolecular Hbond substituents is 1. The summed E-state index contributed by atoms with van der Waals surface area (Å²) in [6.07, 6.45) is 1.74. The summed E-state index contributed by atoms with van der Waals surface area (Å²) in [6, 6.07) is 3.43. The Morgan fingerprint density at radius 3 is 2.42 bits per heavy atom. The smallest absolute Gasteiger partial charge is 0.253 e. The van der Waals surface area contributed by atoms with E-state index in [0.717, 1.165) is 16.7 Å². The van der Waals surface area contributed by atoms with Crippen molar-refractivity contribution >= 4 is 22.8 Å². The lowest BCUT2D eigenvalue weighted by Crippen LogP contribution is -2.14. The Morgan fingerprint density at radius 1 is 1.12 bits per heavy atom. The zero-order valence-corrected chi connectivity index (χ0v) is 14.1. The molecule has 0 bridgehead atoms. The third-order valence-electron chi connectivity index (χ3n) is 4.60. The number of hydrogen-bond donors (Lipinski definition) is 3. The maximum atomic E-state index is 12.0. The van der Waals surface area contributed by atoms with Crippen molar-refractivity contribution in [3.63, 3.8) is 0 Å². The number of nitrogen functional groups attached to an aromatic ring is 1. The number of aromatic nitrogens is 2. The molecule has 0 saturated heterocycles. The predicted molar refractivity (Wildman–Crippen MR) is 94.6 cm³/mol. The Balaban J connectivity index is 2.57. The van der Waals surface area contributed by atoms with Gasteiger partial charge in [-0.15, -0.1) is 0 Å². The third kappa shape index (κ3) is 2.03. The van der Waals surface area contributed by atoms with Gasteiger partial charge in [0.25, 0.3) is 5.91 Å². The zero-order valence-electron chi connectivity index (χ0n) is 14.1. The minimum atomic E-state index is -0.595. The number of pyridine rings is 1. The van der Waals surface area contributed by atoms with Gasteiger partial charge in [-0.3, -0.25) is 9.36 Å². The molecule has 0 aliphatic carbocycles. The normalized spacial score (nSPS) is 11.2. The first-order valence-electron chi connectivity index (χ1n) is 7.61. The highest BCUT2D eigenvalue weighted by Crippen LogP contribution is 2.37. The monoisotopic (exact) mass is 324 g/mol. The Bertz CT molecular complexity index is 1000. The average Bonchev–Trinajstić information content (AvgIpc) is 2.81. The Morgan fingerprint density at radius 2 is 1.79 bits per heavy atom. The molecule has 0 radical (unpaired) electrons. The molecule has 0 fully saturated rings. The Hall–Kier alpha value is -3.02. The second-order valence-electron chi connectivity index (χ2n) is 6.10. The van der Waals surface area contributed by atoms with Crippen molar-refractivity contribution in [1.82, 2.24) is 9.55 Å². The number of fused-ring (bicyclic) bond motifs is 1. The lowest BCUT2D eigenvalue weighted by molar-refractivity contribution is 0.100. The van der Waals surface area contributed by atoms with Crippen molar-refractivity contribution in [1.29, 1.82) is 0 Å². The molecule has 6 nitrogen and oxygen atoms in total. The first kappa shape index (κ1) is 15.9. The summed E-state index contributed by atoms with van der Waals surface area (Å²) in [7, 11) is 0. The van der Waals surface area contributed by atoms with Crippen molar-refractivity contribution in [3.05, 3.63) is 46.1 Å². The number of rotatable bonds is 2. The van der Waals surface area contributed by atoms with E-state index in [1.165, 1.54) is 0 Å². The number of aromatic hydroxyl groups is 1. The van der Waals surface area contributed by atoms with Gasteiger partial charge in [0.15, 0.2) is 0 Å². The number of carbonyl (C=O) groups excluding carboxylic acids is 1. The molecule has 1 aromatic carbocycles. The van der Waals surface area contributed by atoms with Crippen molar-refractivity contribution in [2.75, 3.05) is 5.73 Å². The van der Waals surface area contributed by atoms with E-state index in [1.54, 1.807) is 29.8 Å². The van der Waals surface area contributed by atoms with Gasteiger partial charge < -0.3 is 16.6 Å². The van der Waals surface area contributed by atoms with Gasteiger partial charge in [0.05, 0.1) is 11.3 Å². The number of carbonyl (C=O) groups is 1. The lowest BCUT2D eigenvalue weighted by atomic mass is 10.1. The van der Waals surface area contributed by atoms with Crippen LogP contribution < -0.4 is 11.5 Å². The fourth-order valence-corrected chi connectivity index (χ4v) is 3.15. The molecule has 0 atom stereocenters. The Kier molecular flexibility index (Phi) is 3.48. The topological polar surface area (TPSA) is 107 Å². The minimum Gasteiger partial charge on any atom is -0.508 e. The van der Waals surface area contributed by atoms with Gasteiger partial charge in [0.2, 0.25) is 0 Å². The summed E-state index contributed by atoms with van der Waals surface area (Å²) in [6.45, 7) is 7.55. The number of hydrogen-bond acceptors (Lipinski definition) is 4. The van der Waals surface area contributed by atoms with E-state index in [9.17, 15) is 9.90 Å². The molecule has 2 aromatic heterocycles. The summed E-state index contributed by atoms with van der Waals surface area (Å²) in [5, 5.41) is 10.8. The third-order valence-corrected chi connectivity index (χ3v) is 4.60. The van der Waals surface area contributed by atoms with Crippen LogP contribution >= 0.6 is 0 Å². The molecule has 1 amide bonds. The summed E-state index contributed by atoms with van der Waals surface area (Å²) < 4.78 is 1.70. The van der Waals surface area contributed by atoms with Crippen LogP contribution in [-0.2, 0) is 0 Å². The number of nitrogens with two attached hydrogens (primary N) is 2. The number of aryl methyl sites for hydroxylation is 3. The van der Waals surface area contributed by atoms with Crippen molar-refractivity contribution < 1.29 is 9.90 Å². The molecule has 0 spiro atoms. The first-order valence-corrected chi connectivity index (χ1v) is 7.61. The summed E-state index contributed by atoms with van der Waals surface area (Å²) in [5.41, 5.74) is 16.8. The Labute approximate surface area is 139 Å². The molecule has 2 heterocycles. The van der Waals surface area contributed by atoms with Gasteiger partial charge in [-0.1, -0.05) is 6.07 Å². The van der Waals surface area contributed by atoms with Gasteiger partial charge in [-0.25, -0.2) is 4.98 Å². The summed E-state index contributed by atoms with van der Waals surface area (Å²) in [5.74, 6) is -0.209. The average molecular weight is 324 g/mol. The minimum absolute atomic E-state index is 0.154.